The van der Waals surface area contributed by atoms with Crippen LogP contribution in [0.25, 0.3) is 0 Å². The van der Waals surface area contributed by atoms with E-state index in [4.69, 9.17) is 14.7 Å². The summed E-state index contributed by atoms with van der Waals surface area (Å²) in [5.41, 5.74) is 0. The molecule has 0 aliphatic rings. The summed E-state index contributed by atoms with van der Waals surface area (Å²) in [7, 11) is -23.7. The van der Waals surface area contributed by atoms with Crippen LogP contribution in [-0.2, 0) is 31.2 Å². The molecular formula is H3Cs3O13P4. The fourth-order valence-electron chi connectivity index (χ4n) is 0.413. The van der Waals surface area contributed by atoms with Gasteiger partial charge in [0.15, 0.2) is 0 Å². The minimum Gasteiger partial charge on any atom is -0.790 e. The molecule has 0 aromatic heterocycles. The third kappa shape index (κ3) is 22.8. The molecule has 0 rings (SSSR count). The van der Waals surface area contributed by atoms with Crippen molar-refractivity contribution in [1.82, 2.24) is 0 Å². The fraction of sp³-hybridized carbons (Fsp3) is 0. The molecule has 0 spiro atoms. The van der Waals surface area contributed by atoms with Crippen molar-refractivity contribution in [3.05, 3.63) is 0 Å². The summed E-state index contributed by atoms with van der Waals surface area (Å²) in [5, 5.41) is 0. The second kappa shape index (κ2) is 13.8. The van der Waals surface area contributed by atoms with Crippen molar-refractivity contribution < 1.29 is 267 Å². The quantitative estimate of drug-likeness (QED) is 0.216. The van der Waals surface area contributed by atoms with E-state index in [9.17, 15) is 32.9 Å². The molecule has 104 valence electrons. The first kappa shape index (κ1) is 34.2. The van der Waals surface area contributed by atoms with Crippen LogP contribution in [0.15, 0.2) is 0 Å². The maximum absolute atomic E-state index is 10.6. The molecule has 13 nitrogen and oxygen atoms in total. The third-order valence-corrected chi connectivity index (χ3v) is 5.51. The SMILES string of the molecule is O=P([O-])([O-])OP(=O)([O-])OP(=O)(O)OP(=O)(O)O.[Cs+].[Cs+].[Cs+]. The average Bonchev–Trinajstić information content (AvgIpc) is 1.65. The molecular weight excluding hydrogens is 731 g/mol. The van der Waals surface area contributed by atoms with E-state index in [1.165, 1.54) is 0 Å². The van der Waals surface area contributed by atoms with Crippen LogP contribution in [0.3, 0.4) is 0 Å². The standard InChI is InChI=1S/3Cs.H6O13P4/c;;;1-14(2,3)11-16(7,8)13-17(9,10)12-15(4,5)6/h;;;(H,7,8)(H,9,10)(H2,1,2,3)(H2,4,5,6)/q3*+1;/p-3. The number of hydrogen-bond acceptors (Lipinski definition) is 10. The Morgan fingerprint density at radius 2 is 1.05 bits per heavy atom. The molecule has 2 atom stereocenters. The van der Waals surface area contributed by atoms with Crippen LogP contribution in [0.1, 0.15) is 0 Å². The second-order valence-electron chi connectivity index (χ2n) is 2.10. The fourth-order valence-corrected chi connectivity index (χ4v) is 4.25. The number of phosphoric acid groups is 4. The van der Waals surface area contributed by atoms with E-state index in [1.54, 1.807) is 0 Å². The van der Waals surface area contributed by atoms with Crippen molar-refractivity contribution in [2.45, 2.75) is 0 Å². The minimum atomic E-state index is -6.14. The van der Waals surface area contributed by atoms with Gasteiger partial charge in [-0.1, -0.05) is 0 Å². The van der Waals surface area contributed by atoms with Gasteiger partial charge in [0.25, 0.3) is 7.82 Å². The van der Waals surface area contributed by atoms with Gasteiger partial charge in [-0.15, -0.1) is 0 Å². The van der Waals surface area contributed by atoms with Gasteiger partial charge < -0.3 is 33.9 Å². The van der Waals surface area contributed by atoms with E-state index < -0.39 is 31.3 Å². The molecule has 0 aliphatic heterocycles. The largest absolute Gasteiger partial charge is 1.00 e. The zero-order valence-corrected chi connectivity index (χ0v) is 32.6. The monoisotopic (exact) mass is 734 g/mol. The summed E-state index contributed by atoms with van der Waals surface area (Å²) < 4.78 is 49.7. The molecule has 0 aromatic carbocycles. The van der Waals surface area contributed by atoms with Gasteiger partial charge in [0, 0.05) is 0 Å². The molecule has 2 unspecified atom stereocenters. The first-order valence-corrected chi connectivity index (χ1v) is 8.92. The molecule has 0 bridgehead atoms. The summed E-state index contributed by atoms with van der Waals surface area (Å²) in [4.78, 5) is 54.7. The first-order chi connectivity index (χ1) is 7.12. The van der Waals surface area contributed by atoms with E-state index >= 15 is 0 Å². The summed E-state index contributed by atoms with van der Waals surface area (Å²) in [5.74, 6) is 0. The normalized spacial score (nSPS) is 17.5. The topological polar surface area (TPSA) is 226 Å². The molecule has 20 heavy (non-hydrogen) atoms. The number of hydrogen-bond donors (Lipinski definition) is 3. The van der Waals surface area contributed by atoms with Gasteiger partial charge in [0.2, 0.25) is 0 Å². The zero-order chi connectivity index (χ0) is 14.1. The van der Waals surface area contributed by atoms with Gasteiger partial charge in [-0.3, -0.25) is 8.88 Å². The van der Waals surface area contributed by atoms with E-state index in [0.29, 0.717) is 0 Å². The van der Waals surface area contributed by atoms with Gasteiger partial charge in [-0.2, -0.15) is 4.31 Å². The van der Waals surface area contributed by atoms with E-state index in [-0.39, 0.29) is 207 Å². The molecule has 0 saturated carbocycles. The van der Waals surface area contributed by atoms with Gasteiger partial charge in [0.05, 0.1) is 7.82 Å². The Morgan fingerprint density at radius 3 is 1.30 bits per heavy atom. The Kier molecular flexibility index (Phi) is 23.7. The second-order valence-corrected chi connectivity index (χ2v) is 7.77. The minimum absolute atomic E-state index is 0. The molecule has 3 N–H and O–H groups in total. The van der Waals surface area contributed by atoms with Gasteiger partial charge in [-0.25, -0.2) is 13.4 Å². The zero-order valence-electron chi connectivity index (χ0n) is 10.2. The molecule has 0 saturated heterocycles. The third-order valence-electron chi connectivity index (χ3n) is 0.613. The van der Waals surface area contributed by atoms with Crippen molar-refractivity contribution in [3.8, 4) is 0 Å². The molecule has 0 fully saturated rings. The Morgan fingerprint density at radius 1 is 0.700 bits per heavy atom. The van der Waals surface area contributed by atoms with E-state index in [1.807, 2.05) is 0 Å². The van der Waals surface area contributed by atoms with Crippen molar-refractivity contribution in [1.29, 1.82) is 0 Å². The van der Waals surface area contributed by atoms with Gasteiger partial charge >= 0.3 is 222 Å². The van der Waals surface area contributed by atoms with Crippen LogP contribution in [0.2, 0.25) is 0 Å². The van der Waals surface area contributed by atoms with Crippen LogP contribution < -0.4 is 221 Å². The van der Waals surface area contributed by atoms with Gasteiger partial charge in [0.1, 0.15) is 0 Å². The number of rotatable bonds is 6. The Labute approximate surface area is 289 Å². The van der Waals surface area contributed by atoms with Crippen molar-refractivity contribution >= 4 is 31.3 Å². The van der Waals surface area contributed by atoms with Crippen LogP contribution >= 0.6 is 31.3 Å². The predicted octanol–water partition coefficient (Wildman–Crippen LogP) is -11.5. The summed E-state index contributed by atoms with van der Waals surface area (Å²) >= 11 is 0. The van der Waals surface area contributed by atoms with Crippen molar-refractivity contribution in [3.63, 3.8) is 0 Å². The van der Waals surface area contributed by atoms with Crippen LogP contribution in [0.4, 0.5) is 0 Å². The molecule has 0 aliphatic carbocycles. The average molecular weight is 734 g/mol. The Hall–Kier alpha value is 6.72. The van der Waals surface area contributed by atoms with Crippen LogP contribution in [0, 0.1) is 0 Å². The van der Waals surface area contributed by atoms with Crippen molar-refractivity contribution in [2.75, 3.05) is 0 Å². The summed E-state index contributed by atoms with van der Waals surface area (Å²) in [6.07, 6.45) is 0. The molecule has 0 amide bonds. The van der Waals surface area contributed by atoms with E-state index in [0.717, 1.165) is 0 Å². The maximum atomic E-state index is 10.6. The van der Waals surface area contributed by atoms with E-state index in [2.05, 4.69) is 12.9 Å². The smallest absolute Gasteiger partial charge is 0.790 e. The Bertz CT molecular complexity index is 414. The summed E-state index contributed by atoms with van der Waals surface area (Å²) in [6, 6.07) is 0. The summed E-state index contributed by atoms with van der Waals surface area (Å²) in [6.45, 7) is 0. The molecule has 20 heteroatoms. The molecule has 0 radical (unpaired) electrons. The Balaban J connectivity index is -0.000000427. The van der Waals surface area contributed by atoms with Crippen molar-refractivity contribution in [2.24, 2.45) is 0 Å². The van der Waals surface area contributed by atoms with Crippen LogP contribution in [-0.4, -0.2) is 14.7 Å². The van der Waals surface area contributed by atoms with Crippen LogP contribution in [0.5, 0.6) is 0 Å². The molecule has 0 aromatic rings. The predicted molar refractivity (Wildman–Crippen MR) is 40.3 cm³/mol. The molecule has 0 heterocycles. The maximum Gasteiger partial charge on any atom is 1.00 e. The van der Waals surface area contributed by atoms with Gasteiger partial charge in [-0.05, 0) is 0 Å². The first-order valence-electron chi connectivity index (χ1n) is 2.97.